The summed E-state index contributed by atoms with van der Waals surface area (Å²) in [5.74, 6) is -0.398. The second-order valence-electron chi connectivity index (χ2n) is 5.04. The Hall–Kier alpha value is -1.46. The Morgan fingerprint density at radius 3 is 3.05 bits per heavy atom. The third kappa shape index (κ3) is 3.75. The van der Waals surface area contributed by atoms with Crippen LogP contribution in [0, 0.1) is 12.7 Å². The lowest BCUT2D eigenvalue weighted by atomic mass is 10.2. The van der Waals surface area contributed by atoms with Gasteiger partial charge in [0.15, 0.2) is 0 Å². The van der Waals surface area contributed by atoms with E-state index in [2.05, 4.69) is 22.5 Å². The third-order valence-corrected chi connectivity index (χ3v) is 3.44. The number of nitrogens with zero attached hydrogens (tertiary/aromatic N) is 1. The largest absolute Gasteiger partial charge is 0.325 e. The summed E-state index contributed by atoms with van der Waals surface area (Å²) in [6.07, 6.45) is 0. The average molecular weight is 265 g/mol. The number of hydrogen-bond donors (Lipinski definition) is 2. The zero-order chi connectivity index (χ0) is 13.8. The first kappa shape index (κ1) is 14.0. The van der Waals surface area contributed by atoms with Crippen LogP contribution >= 0.6 is 0 Å². The van der Waals surface area contributed by atoms with Crippen molar-refractivity contribution >= 4 is 11.6 Å². The number of hydrogen-bond acceptors (Lipinski definition) is 3. The third-order valence-electron chi connectivity index (χ3n) is 3.44. The fourth-order valence-electron chi connectivity index (χ4n) is 2.17. The van der Waals surface area contributed by atoms with Crippen LogP contribution in [-0.4, -0.2) is 43.0 Å². The molecule has 1 aliphatic heterocycles. The van der Waals surface area contributed by atoms with Crippen molar-refractivity contribution in [2.75, 3.05) is 31.5 Å². The smallest absolute Gasteiger partial charge is 0.238 e. The Balaban J connectivity index is 1.91. The molecule has 2 rings (SSSR count). The zero-order valence-corrected chi connectivity index (χ0v) is 11.4. The molecule has 1 fully saturated rings. The molecule has 1 aromatic carbocycles. The summed E-state index contributed by atoms with van der Waals surface area (Å²) in [7, 11) is 0. The molecular formula is C14H20FN3O. The number of piperazine rings is 1. The molecule has 19 heavy (non-hydrogen) atoms. The molecule has 4 nitrogen and oxygen atoms in total. The van der Waals surface area contributed by atoms with Crippen LogP contribution in [0.4, 0.5) is 10.1 Å². The SMILES string of the molecule is Cc1ccc(NC(=O)CN2CCNC[C@H]2C)cc1F. The lowest BCUT2D eigenvalue weighted by molar-refractivity contribution is -0.118. The number of halogens is 1. The van der Waals surface area contributed by atoms with Crippen molar-refractivity contribution in [3.8, 4) is 0 Å². The van der Waals surface area contributed by atoms with E-state index in [1.54, 1.807) is 19.1 Å². The quantitative estimate of drug-likeness (QED) is 0.867. The molecule has 1 aromatic rings. The summed E-state index contributed by atoms with van der Waals surface area (Å²) < 4.78 is 13.4. The van der Waals surface area contributed by atoms with E-state index in [4.69, 9.17) is 0 Å². The molecule has 0 aliphatic carbocycles. The summed E-state index contributed by atoms with van der Waals surface area (Å²) in [5.41, 5.74) is 1.09. The monoisotopic (exact) mass is 265 g/mol. The van der Waals surface area contributed by atoms with Gasteiger partial charge in [-0.05, 0) is 31.5 Å². The molecule has 1 saturated heterocycles. The maximum Gasteiger partial charge on any atom is 0.238 e. The number of carbonyl (C=O) groups excluding carboxylic acids is 1. The highest BCUT2D eigenvalue weighted by Gasteiger charge is 2.20. The van der Waals surface area contributed by atoms with Crippen molar-refractivity contribution in [1.82, 2.24) is 10.2 Å². The second-order valence-corrected chi connectivity index (χ2v) is 5.04. The molecule has 0 aromatic heterocycles. The van der Waals surface area contributed by atoms with Gasteiger partial charge < -0.3 is 10.6 Å². The van der Waals surface area contributed by atoms with Gasteiger partial charge in [0.1, 0.15) is 5.82 Å². The average Bonchev–Trinajstić information content (AvgIpc) is 2.37. The first-order chi connectivity index (χ1) is 9.06. The number of carbonyl (C=O) groups is 1. The number of rotatable bonds is 3. The molecule has 0 unspecified atom stereocenters. The van der Waals surface area contributed by atoms with Crippen LogP contribution in [0.3, 0.4) is 0 Å². The molecule has 1 amide bonds. The molecule has 1 aliphatic rings. The number of nitrogens with one attached hydrogen (secondary N) is 2. The molecule has 0 saturated carbocycles. The summed E-state index contributed by atoms with van der Waals surface area (Å²) in [4.78, 5) is 14.0. The van der Waals surface area contributed by atoms with Crippen LogP contribution in [0.1, 0.15) is 12.5 Å². The van der Waals surface area contributed by atoms with Crippen molar-refractivity contribution in [2.24, 2.45) is 0 Å². The predicted molar refractivity (Wildman–Crippen MR) is 73.7 cm³/mol. The number of aryl methyl sites for hydroxylation is 1. The Labute approximate surface area is 113 Å². The van der Waals surface area contributed by atoms with Gasteiger partial charge in [-0.25, -0.2) is 4.39 Å². The van der Waals surface area contributed by atoms with E-state index in [1.807, 2.05) is 0 Å². The van der Waals surface area contributed by atoms with Gasteiger partial charge >= 0.3 is 0 Å². The molecule has 0 bridgehead atoms. The summed E-state index contributed by atoms with van der Waals surface area (Å²) in [5, 5.41) is 6.01. The first-order valence-electron chi connectivity index (χ1n) is 6.57. The van der Waals surface area contributed by atoms with Gasteiger partial charge in [-0.2, -0.15) is 0 Å². The Bertz CT molecular complexity index is 464. The Morgan fingerprint density at radius 1 is 1.58 bits per heavy atom. The van der Waals surface area contributed by atoms with Crippen molar-refractivity contribution < 1.29 is 9.18 Å². The summed E-state index contributed by atoms with van der Waals surface area (Å²) in [6.45, 7) is 6.78. The molecule has 104 valence electrons. The van der Waals surface area contributed by atoms with Gasteiger partial charge in [0, 0.05) is 31.4 Å². The van der Waals surface area contributed by atoms with Crippen LogP contribution < -0.4 is 10.6 Å². The molecule has 0 radical (unpaired) electrons. The second kappa shape index (κ2) is 6.12. The van der Waals surface area contributed by atoms with Crippen molar-refractivity contribution in [3.05, 3.63) is 29.6 Å². The van der Waals surface area contributed by atoms with Crippen LogP contribution in [0.2, 0.25) is 0 Å². The van der Waals surface area contributed by atoms with E-state index in [1.165, 1.54) is 6.07 Å². The zero-order valence-electron chi connectivity index (χ0n) is 11.4. The summed E-state index contributed by atoms with van der Waals surface area (Å²) >= 11 is 0. The van der Waals surface area contributed by atoms with Crippen LogP contribution in [-0.2, 0) is 4.79 Å². The molecule has 1 atom stereocenters. The minimum atomic E-state index is -0.298. The van der Waals surface area contributed by atoms with Gasteiger partial charge in [0.05, 0.1) is 6.54 Å². The highest BCUT2D eigenvalue weighted by atomic mass is 19.1. The van der Waals surface area contributed by atoms with Crippen LogP contribution in [0.25, 0.3) is 0 Å². The number of benzene rings is 1. The number of amides is 1. The molecular weight excluding hydrogens is 245 g/mol. The molecule has 2 N–H and O–H groups in total. The van der Waals surface area contributed by atoms with Crippen molar-refractivity contribution in [1.29, 1.82) is 0 Å². The minimum Gasteiger partial charge on any atom is -0.325 e. The lowest BCUT2D eigenvalue weighted by Crippen LogP contribution is -2.51. The predicted octanol–water partition coefficient (Wildman–Crippen LogP) is 1.37. The first-order valence-corrected chi connectivity index (χ1v) is 6.57. The highest BCUT2D eigenvalue weighted by Crippen LogP contribution is 2.13. The highest BCUT2D eigenvalue weighted by molar-refractivity contribution is 5.92. The van der Waals surface area contributed by atoms with E-state index in [-0.39, 0.29) is 11.7 Å². The Morgan fingerprint density at radius 2 is 2.37 bits per heavy atom. The van der Waals surface area contributed by atoms with Gasteiger partial charge in [0.25, 0.3) is 0 Å². The van der Waals surface area contributed by atoms with Gasteiger partial charge in [-0.1, -0.05) is 6.07 Å². The maximum absolute atomic E-state index is 13.4. The van der Waals surface area contributed by atoms with Crippen LogP contribution in [0.15, 0.2) is 18.2 Å². The normalized spacial score (nSPS) is 20.3. The maximum atomic E-state index is 13.4. The van der Waals surface area contributed by atoms with Crippen molar-refractivity contribution in [2.45, 2.75) is 19.9 Å². The van der Waals surface area contributed by atoms with Crippen molar-refractivity contribution in [3.63, 3.8) is 0 Å². The fourth-order valence-corrected chi connectivity index (χ4v) is 2.17. The number of anilines is 1. The van der Waals surface area contributed by atoms with E-state index >= 15 is 0 Å². The minimum absolute atomic E-state index is 0.1000. The molecule has 1 heterocycles. The Kier molecular flexibility index (Phi) is 4.50. The van der Waals surface area contributed by atoms with E-state index < -0.39 is 0 Å². The molecule has 5 heteroatoms. The standard InChI is InChI=1S/C14H20FN3O/c1-10-3-4-12(7-13(10)15)17-14(19)9-18-6-5-16-8-11(18)2/h3-4,7,11,16H,5-6,8-9H2,1-2H3,(H,17,19)/t11-/m1/s1. The summed E-state index contributed by atoms with van der Waals surface area (Å²) in [6, 6.07) is 5.08. The lowest BCUT2D eigenvalue weighted by Gasteiger charge is -2.33. The van der Waals surface area contributed by atoms with E-state index in [0.29, 0.717) is 23.8 Å². The van der Waals surface area contributed by atoms with Crippen LogP contribution in [0.5, 0.6) is 0 Å². The van der Waals surface area contributed by atoms with Gasteiger partial charge in [-0.15, -0.1) is 0 Å². The van der Waals surface area contributed by atoms with E-state index in [0.717, 1.165) is 19.6 Å². The fraction of sp³-hybridized carbons (Fsp3) is 0.500. The van der Waals surface area contributed by atoms with Gasteiger partial charge in [-0.3, -0.25) is 9.69 Å². The van der Waals surface area contributed by atoms with Gasteiger partial charge in [0.2, 0.25) is 5.91 Å². The van der Waals surface area contributed by atoms with E-state index in [9.17, 15) is 9.18 Å². The molecule has 0 spiro atoms. The topological polar surface area (TPSA) is 44.4 Å².